The fraction of sp³-hybridized carbons (Fsp3) is 0.478. The van der Waals surface area contributed by atoms with Gasteiger partial charge in [0, 0.05) is 17.9 Å². The van der Waals surface area contributed by atoms with Crippen LogP contribution < -0.4 is 0 Å². The molecule has 2 nitrogen and oxygen atoms in total. The van der Waals surface area contributed by atoms with Crippen LogP contribution in [0.5, 0.6) is 0 Å². The second-order valence-electron chi connectivity index (χ2n) is 7.40. The van der Waals surface area contributed by atoms with E-state index in [2.05, 4.69) is 6.92 Å². The van der Waals surface area contributed by atoms with Crippen LogP contribution in [0.3, 0.4) is 0 Å². The molecule has 1 saturated heterocycles. The molecule has 0 N–H and O–H groups in total. The minimum absolute atomic E-state index is 0.0554. The first-order chi connectivity index (χ1) is 13.1. The Morgan fingerprint density at radius 1 is 0.926 bits per heavy atom. The van der Waals surface area contributed by atoms with Crippen molar-refractivity contribution in [2.24, 2.45) is 5.92 Å². The zero-order valence-electron chi connectivity index (χ0n) is 16.1. The summed E-state index contributed by atoms with van der Waals surface area (Å²) < 4.78 is 39.2. The molecule has 2 aromatic carbocycles. The maximum atomic E-state index is 13.8. The van der Waals surface area contributed by atoms with Gasteiger partial charge in [0.1, 0.15) is 11.6 Å². The number of unbranched alkanes of at least 4 members (excludes halogenated alkanes) is 1. The summed E-state index contributed by atoms with van der Waals surface area (Å²) in [5, 5.41) is 0. The van der Waals surface area contributed by atoms with Crippen molar-refractivity contribution in [1.29, 1.82) is 0 Å². The number of hydrogen-bond donors (Lipinski definition) is 0. The van der Waals surface area contributed by atoms with Gasteiger partial charge in [-0.1, -0.05) is 44.0 Å². The first-order valence-electron chi connectivity index (χ1n) is 9.85. The highest BCUT2D eigenvalue weighted by Crippen LogP contribution is 2.25. The molecule has 2 aromatic rings. The van der Waals surface area contributed by atoms with Crippen LogP contribution in [0.1, 0.15) is 43.7 Å². The van der Waals surface area contributed by atoms with E-state index in [1.165, 1.54) is 38.3 Å². The summed E-state index contributed by atoms with van der Waals surface area (Å²) >= 11 is 0. The Hall–Kier alpha value is -1.78. The van der Waals surface area contributed by atoms with Gasteiger partial charge in [0.05, 0.1) is 13.2 Å². The van der Waals surface area contributed by atoms with Gasteiger partial charge in [-0.25, -0.2) is 8.78 Å². The molecule has 1 fully saturated rings. The second kappa shape index (κ2) is 9.43. The third-order valence-electron chi connectivity index (χ3n) is 5.24. The molecule has 3 rings (SSSR count). The van der Waals surface area contributed by atoms with Crippen molar-refractivity contribution in [3.63, 3.8) is 0 Å². The zero-order chi connectivity index (χ0) is 19.2. The van der Waals surface area contributed by atoms with Gasteiger partial charge < -0.3 is 9.47 Å². The Bertz CT molecular complexity index is 712. The highest BCUT2D eigenvalue weighted by atomic mass is 19.1. The van der Waals surface area contributed by atoms with Gasteiger partial charge in [-0.15, -0.1) is 0 Å². The van der Waals surface area contributed by atoms with Crippen LogP contribution in [0, 0.1) is 24.5 Å². The van der Waals surface area contributed by atoms with Gasteiger partial charge in [-0.05, 0) is 48.6 Å². The Kier molecular flexibility index (Phi) is 6.97. The molecule has 0 unspecified atom stereocenters. The smallest absolute Gasteiger partial charge is 0.157 e. The highest BCUT2D eigenvalue weighted by molar-refractivity contribution is 5.64. The molecule has 1 aliphatic rings. The van der Waals surface area contributed by atoms with E-state index in [0.29, 0.717) is 11.5 Å². The van der Waals surface area contributed by atoms with Crippen molar-refractivity contribution in [3.8, 4) is 11.1 Å². The summed E-state index contributed by atoms with van der Waals surface area (Å²) in [6, 6.07) is 10.6. The third-order valence-corrected chi connectivity index (χ3v) is 5.24. The number of aryl methyl sites for hydroxylation is 1. The number of rotatable bonds is 7. The first kappa shape index (κ1) is 20.0. The minimum atomic E-state index is -0.516. The molecule has 0 saturated carbocycles. The maximum Gasteiger partial charge on any atom is 0.157 e. The van der Waals surface area contributed by atoms with E-state index in [1.807, 2.05) is 24.3 Å². The summed E-state index contributed by atoms with van der Waals surface area (Å²) in [4.78, 5) is 0. The maximum absolute atomic E-state index is 13.8. The summed E-state index contributed by atoms with van der Waals surface area (Å²) in [6.45, 7) is 5.21. The number of benzene rings is 2. The molecular weight excluding hydrogens is 346 g/mol. The molecular formula is C23H28F2O2. The second-order valence-corrected chi connectivity index (χ2v) is 7.40. The van der Waals surface area contributed by atoms with Crippen LogP contribution in [0.4, 0.5) is 8.78 Å². The topological polar surface area (TPSA) is 18.5 Å². The monoisotopic (exact) mass is 374 g/mol. The van der Waals surface area contributed by atoms with E-state index in [9.17, 15) is 8.78 Å². The Morgan fingerprint density at radius 3 is 2.15 bits per heavy atom. The molecule has 0 aliphatic carbocycles. The lowest BCUT2D eigenvalue weighted by Gasteiger charge is -2.29. The third kappa shape index (κ3) is 5.36. The number of halogens is 2. The van der Waals surface area contributed by atoms with Gasteiger partial charge in [0.15, 0.2) is 6.29 Å². The predicted molar refractivity (Wildman–Crippen MR) is 104 cm³/mol. The lowest BCUT2D eigenvalue weighted by Crippen LogP contribution is -2.32. The SMILES string of the molecule is CCCCC1COC(CCc2ccc(-c3cc(F)c(C)c(F)c3)cc2)OC1. The predicted octanol–water partition coefficient (Wildman–Crippen LogP) is 6.05. The summed E-state index contributed by atoms with van der Waals surface area (Å²) in [7, 11) is 0. The van der Waals surface area contributed by atoms with E-state index in [1.54, 1.807) is 0 Å². The molecule has 146 valence electrons. The van der Waals surface area contributed by atoms with E-state index in [-0.39, 0.29) is 11.9 Å². The van der Waals surface area contributed by atoms with E-state index in [0.717, 1.165) is 37.2 Å². The normalized spacial score (nSPS) is 20.0. The van der Waals surface area contributed by atoms with Crippen molar-refractivity contribution < 1.29 is 18.3 Å². The zero-order valence-corrected chi connectivity index (χ0v) is 16.1. The van der Waals surface area contributed by atoms with Crippen LogP contribution in [0.2, 0.25) is 0 Å². The van der Waals surface area contributed by atoms with Gasteiger partial charge in [-0.2, -0.15) is 0 Å². The van der Waals surface area contributed by atoms with Gasteiger partial charge in [-0.3, -0.25) is 0 Å². The lowest BCUT2D eigenvalue weighted by atomic mass is 10.0. The van der Waals surface area contributed by atoms with Crippen LogP contribution in [-0.4, -0.2) is 19.5 Å². The van der Waals surface area contributed by atoms with Crippen molar-refractivity contribution >= 4 is 0 Å². The number of hydrogen-bond acceptors (Lipinski definition) is 2. The van der Waals surface area contributed by atoms with E-state index < -0.39 is 11.6 Å². The van der Waals surface area contributed by atoms with Crippen molar-refractivity contribution in [1.82, 2.24) is 0 Å². The fourth-order valence-corrected chi connectivity index (χ4v) is 3.37. The van der Waals surface area contributed by atoms with Crippen molar-refractivity contribution in [2.75, 3.05) is 13.2 Å². The van der Waals surface area contributed by atoms with Crippen molar-refractivity contribution in [2.45, 2.75) is 52.2 Å². The van der Waals surface area contributed by atoms with Gasteiger partial charge in [0.25, 0.3) is 0 Å². The average molecular weight is 374 g/mol. The molecule has 0 spiro atoms. The molecule has 0 atom stereocenters. The Morgan fingerprint density at radius 2 is 1.56 bits per heavy atom. The van der Waals surface area contributed by atoms with E-state index in [4.69, 9.17) is 9.47 Å². The van der Waals surface area contributed by atoms with E-state index >= 15 is 0 Å². The first-order valence-corrected chi connectivity index (χ1v) is 9.85. The summed E-state index contributed by atoms with van der Waals surface area (Å²) in [5.74, 6) is -0.508. The lowest BCUT2D eigenvalue weighted by molar-refractivity contribution is -0.203. The molecule has 0 aromatic heterocycles. The summed E-state index contributed by atoms with van der Waals surface area (Å²) in [6.07, 6.45) is 5.13. The van der Waals surface area contributed by atoms with Crippen molar-refractivity contribution in [3.05, 3.63) is 59.2 Å². The quantitative estimate of drug-likeness (QED) is 0.587. The standard InChI is InChI=1S/C23H28F2O2/c1-3-4-5-18-14-26-23(27-15-18)11-8-17-6-9-19(10-7-17)20-12-21(24)16(2)22(25)13-20/h6-7,9-10,12-13,18,23H,3-5,8,11,14-15H2,1-2H3. The Labute approximate surface area is 160 Å². The van der Waals surface area contributed by atoms with Gasteiger partial charge in [0.2, 0.25) is 0 Å². The molecule has 1 aliphatic heterocycles. The highest BCUT2D eigenvalue weighted by Gasteiger charge is 2.21. The number of ether oxygens (including phenoxy) is 2. The molecule has 0 radical (unpaired) electrons. The van der Waals surface area contributed by atoms with Crippen LogP contribution >= 0.6 is 0 Å². The molecule has 1 heterocycles. The molecule has 0 amide bonds. The molecule has 27 heavy (non-hydrogen) atoms. The van der Waals surface area contributed by atoms with Gasteiger partial charge >= 0.3 is 0 Å². The minimum Gasteiger partial charge on any atom is -0.352 e. The molecule has 4 heteroatoms. The molecule has 0 bridgehead atoms. The van der Waals surface area contributed by atoms with Crippen LogP contribution in [0.25, 0.3) is 11.1 Å². The van der Waals surface area contributed by atoms with Crippen LogP contribution in [0.15, 0.2) is 36.4 Å². The van der Waals surface area contributed by atoms with Crippen LogP contribution in [-0.2, 0) is 15.9 Å². The Balaban J connectivity index is 1.52. The largest absolute Gasteiger partial charge is 0.352 e. The summed E-state index contributed by atoms with van der Waals surface area (Å²) in [5.41, 5.74) is 2.58. The fourth-order valence-electron chi connectivity index (χ4n) is 3.37. The average Bonchev–Trinajstić information content (AvgIpc) is 2.69.